The number of anilines is 2. The summed E-state index contributed by atoms with van der Waals surface area (Å²) in [5, 5.41) is 6.00. The highest BCUT2D eigenvalue weighted by molar-refractivity contribution is 5.93. The van der Waals surface area contributed by atoms with Crippen LogP contribution in [0.4, 0.5) is 11.4 Å². The van der Waals surface area contributed by atoms with Gasteiger partial charge < -0.3 is 20.1 Å². The van der Waals surface area contributed by atoms with Gasteiger partial charge in [0.25, 0.3) is 0 Å². The maximum Gasteiger partial charge on any atom is 0.243 e. The number of benzene rings is 2. The van der Waals surface area contributed by atoms with Crippen LogP contribution in [0, 0.1) is 0 Å². The zero-order chi connectivity index (χ0) is 18.2. The molecule has 0 unspecified atom stereocenters. The molecule has 2 aromatic carbocycles. The van der Waals surface area contributed by atoms with Crippen LogP contribution < -0.4 is 15.4 Å². The molecule has 2 aromatic rings. The smallest absolute Gasteiger partial charge is 0.243 e. The Morgan fingerprint density at radius 1 is 1.12 bits per heavy atom. The van der Waals surface area contributed by atoms with Gasteiger partial charge in [0.2, 0.25) is 5.91 Å². The molecule has 0 spiro atoms. The first-order valence-electron chi connectivity index (χ1n) is 8.80. The molecule has 2 N–H and O–H groups in total. The van der Waals surface area contributed by atoms with Crippen LogP contribution in [0.2, 0.25) is 0 Å². The molecule has 0 aliphatic carbocycles. The van der Waals surface area contributed by atoms with Crippen LogP contribution in [-0.4, -0.2) is 50.8 Å². The van der Waals surface area contributed by atoms with Crippen molar-refractivity contribution < 1.29 is 14.3 Å². The van der Waals surface area contributed by atoms with E-state index in [0.717, 1.165) is 44.2 Å². The first kappa shape index (κ1) is 18.2. The number of methoxy groups -OCH3 is 1. The number of nitrogens with zero attached hydrogens (tertiary/aromatic N) is 1. The van der Waals surface area contributed by atoms with E-state index >= 15 is 0 Å². The van der Waals surface area contributed by atoms with Crippen LogP contribution in [0.25, 0.3) is 0 Å². The van der Waals surface area contributed by atoms with Crippen LogP contribution in [0.5, 0.6) is 5.75 Å². The number of nitrogens with one attached hydrogen (secondary N) is 2. The summed E-state index contributed by atoms with van der Waals surface area (Å²) >= 11 is 0. The van der Waals surface area contributed by atoms with Crippen molar-refractivity contribution in [1.29, 1.82) is 0 Å². The zero-order valence-corrected chi connectivity index (χ0v) is 15.0. The quantitative estimate of drug-likeness (QED) is 0.799. The Bertz CT molecular complexity index is 712. The second-order valence-electron chi connectivity index (χ2n) is 6.19. The molecule has 6 heteroatoms. The minimum absolute atomic E-state index is 0.100. The summed E-state index contributed by atoms with van der Waals surface area (Å²) in [6.07, 6.45) is 0. The van der Waals surface area contributed by atoms with Gasteiger partial charge in [0.15, 0.2) is 0 Å². The lowest BCUT2D eigenvalue weighted by Gasteiger charge is -2.26. The van der Waals surface area contributed by atoms with Crippen molar-refractivity contribution in [2.24, 2.45) is 0 Å². The summed E-state index contributed by atoms with van der Waals surface area (Å²) in [5.74, 6) is 0.615. The Kier molecular flexibility index (Phi) is 6.46. The van der Waals surface area contributed by atoms with Crippen LogP contribution in [0.3, 0.4) is 0 Å². The molecule has 0 atom stereocenters. The Hall–Kier alpha value is -2.57. The Balaban J connectivity index is 1.48. The van der Waals surface area contributed by atoms with E-state index in [0.29, 0.717) is 5.75 Å². The van der Waals surface area contributed by atoms with Gasteiger partial charge in [-0.2, -0.15) is 0 Å². The zero-order valence-electron chi connectivity index (χ0n) is 15.0. The summed E-state index contributed by atoms with van der Waals surface area (Å²) in [5.41, 5.74) is 2.82. The maximum atomic E-state index is 12.2. The van der Waals surface area contributed by atoms with Crippen molar-refractivity contribution >= 4 is 17.3 Å². The highest BCUT2D eigenvalue weighted by Gasteiger charge is 2.11. The average Bonchev–Trinajstić information content (AvgIpc) is 2.69. The lowest BCUT2D eigenvalue weighted by molar-refractivity contribution is -0.114. The van der Waals surface area contributed by atoms with Crippen molar-refractivity contribution in [3.8, 4) is 5.75 Å². The van der Waals surface area contributed by atoms with Crippen LogP contribution in [0.15, 0.2) is 48.5 Å². The molecule has 1 heterocycles. The molecule has 0 bridgehead atoms. The highest BCUT2D eigenvalue weighted by Crippen LogP contribution is 2.22. The van der Waals surface area contributed by atoms with Crippen molar-refractivity contribution in [2.45, 2.75) is 6.54 Å². The molecule has 1 aliphatic rings. The van der Waals surface area contributed by atoms with Gasteiger partial charge in [0, 0.05) is 25.3 Å². The van der Waals surface area contributed by atoms with Crippen molar-refractivity contribution in [2.75, 3.05) is 50.6 Å². The third kappa shape index (κ3) is 5.21. The molecule has 138 valence electrons. The highest BCUT2D eigenvalue weighted by atomic mass is 16.5. The number of para-hydroxylation sites is 2. The minimum atomic E-state index is -0.100. The standard InChI is InChI=1S/C20H25N3O3/c1-25-19-5-3-2-4-18(19)21-14-20(24)22-17-8-6-16(7-9-17)15-23-10-12-26-13-11-23/h2-9,21H,10-15H2,1H3,(H,22,24). The predicted molar refractivity (Wildman–Crippen MR) is 103 cm³/mol. The second-order valence-corrected chi connectivity index (χ2v) is 6.19. The Labute approximate surface area is 154 Å². The molecule has 0 radical (unpaired) electrons. The fourth-order valence-corrected chi connectivity index (χ4v) is 2.88. The van der Waals surface area contributed by atoms with Gasteiger partial charge in [0.05, 0.1) is 32.6 Å². The van der Waals surface area contributed by atoms with Gasteiger partial charge in [-0.25, -0.2) is 0 Å². The van der Waals surface area contributed by atoms with Gasteiger partial charge >= 0.3 is 0 Å². The van der Waals surface area contributed by atoms with Gasteiger partial charge in [-0.15, -0.1) is 0 Å². The number of ether oxygens (including phenoxy) is 2. The Morgan fingerprint density at radius 2 is 1.85 bits per heavy atom. The van der Waals surface area contributed by atoms with Crippen LogP contribution >= 0.6 is 0 Å². The van der Waals surface area contributed by atoms with E-state index in [4.69, 9.17) is 9.47 Å². The van der Waals surface area contributed by atoms with E-state index in [1.807, 2.05) is 36.4 Å². The summed E-state index contributed by atoms with van der Waals surface area (Å²) in [7, 11) is 1.61. The molecule has 1 fully saturated rings. The number of hydrogen-bond acceptors (Lipinski definition) is 5. The number of hydrogen-bond donors (Lipinski definition) is 2. The lowest BCUT2D eigenvalue weighted by Crippen LogP contribution is -2.35. The van der Waals surface area contributed by atoms with E-state index in [1.54, 1.807) is 7.11 Å². The Morgan fingerprint density at radius 3 is 2.58 bits per heavy atom. The van der Waals surface area contributed by atoms with E-state index in [1.165, 1.54) is 5.56 Å². The number of morpholine rings is 1. The molecule has 3 rings (SSSR count). The molecule has 1 aliphatic heterocycles. The van der Waals surface area contributed by atoms with Crippen molar-refractivity contribution in [3.63, 3.8) is 0 Å². The number of amides is 1. The van der Waals surface area contributed by atoms with Gasteiger partial charge in [-0.3, -0.25) is 9.69 Å². The number of rotatable bonds is 7. The van der Waals surface area contributed by atoms with E-state index in [9.17, 15) is 4.79 Å². The normalized spacial score (nSPS) is 14.7. The van der Waals surface area contributed by atoms with Crippen molar-refractivity contribution in [3.05, 3.63) is 54.1 Å². The third-order valence-electron chi connectivity index (χ3n) is 4.29. The topological polar surface area (TPSA) is 62.8 Å². The van der Waals surface area contributed by atoms with E-state index in [2.05, 4.69) is 27.7 Å². The van der Waals surface area contributed by atoms with Crippen LogP contribution in [0.1, 0.15) is 5.56 Å². The predicted octanol–water partition coefficient (Wildman–Crippen LogP) is 2.58. The fraction of sp³-hybridized carbons (Fsp3) is 0.350. The minimum Gasteiger partial charge on any atom is -0.495 e. The molecule has 26 heavy (non-hydrogen) atoms. The second kappa shape index (κ2) is 9.22. The average molecular weight is 355 g/mol. The van der Waals surface area contributed by atoms with E-state index < -0.39 is 0 Å². The molecule has 0 aromatic heterocycles. The van der Waals surface area contributed by atoms with Crippen LogP contribution in [-0.2, 0) is 16.1 Å². The SMILES string of the molecule is COc1ccccc1NCC(=O)Nc1ccc(CN2CCOCC2)cc1. The summed E-state index contributed by atoms with van der Waals surface area (Å²) in [4.78, 5) is 14.5. The summed E-state index contributed by atoms with van der Waals surface area (Å²) < 4.78 is 10.6. The number of carbonyl (C=O) groups is 1. The lowest BCUT2D eigenvalue weighted by atomic mass is 10.2. The van der Waals surface area contributed by atoms with Crippen molar-refractivity contribution in [1.82, 2.24) is 4.90 Å². The maximum absolute atomic E-state index is 12.2. The molecule has 6 nitrogen and oxygen atoms in total. The first-order chi connectivity index (χ1) is 12.7. The fourth-order valence-electron chi connectivity index (χ4n) is 2.88. The monoisotopic (exact) mass is 355 g/mol. The summed E-state index contributed by atoms with van der Waals surface area (Å²) in [6.45, 7) is 4.61. The molecular formula is C20H25N3O3. The molecule has 0 saturated carbocycles. The third-order valence-corrected chi connectivity index (χ3v) is 4.29. The van der Waals surface area contributed by atoms with Gasteiger partial charge in [-0.1, -0.05) is 24.3 Å². The number of carbonyl (C=O) groups excluding carboxylic acids is 1. The molecular weight excluding hydrogens is 330 g/mol. The summed E-state index contributed by atoms with van der Waals surface area (Å²) in [6, 6.07) is 15.5. The molecule has 1 amide bonds. The van der Waals surface area contributed by atoms with Gasteiger partial charge in [0.1, 0.15) is 5.75 Å². The largest absolute Gasteiger partial charge is 0.495 e. The van der Waals surface area contributed by atoms with Gasteiger partial charge in [-0.05, 0) is 29.8 Å². The molecule has 1 saturated heterocycles. The van der Waals surface area contributed by atoms with E-state index in [-0.39, 0.29) is 12.5 Å². The first-order valence-corrected chi connectivity index (χ1v) is 8.80.